The van der Waals surface area contributed by atoms with Crippen LogP contribution >= 0.6 is 0 Å². The third-order valence-corrected chi connectivity index (χ3v) is 2.62. The highest BCUT2D eigenvalue weighted by atomic mass is 19.4. The number of amides is 1. The molecule has 4 nitrogen and oxygen atoms in total. The minimum atomic E-state index is -5.18. The van der Waals surface area contributed by atoms with Crippen molar-refractivity contribution < 1.29 is 40.7 Å². The number of hydrogen-bond donors (Lipinski definition) is 0. The van der Waals surface area contributed by atoms with Gasteiger partial charge in [-0.15, -0.1) is 0 Å². The molecule has 1 rings (SSSR count). The van der Waals surface area contributed by atoms with Gasteiger partial charge in [-0.1, -0.05) is 6.08 Å². The van der Waals surface area contributed by atoms with Gasteiger partial charge in [-0.2, -0.15) is 26.3 Å². The molecular formula is C11H11F6NO3. The summed E-state index contributed by atoms with van der Waals surface area (Å²) in [6.07, 6.45) is -9.47. The van der Waals surface area contributed by atoms with Crippen LogP contribution in [-0.2, 0) is 14.3 Å². The second kappa shape index (κ2) is 6.35. The SMILES string of the molecule is O=C(OC1/C=C\CCN(C(=O)C(F)(F)F)CC1)C(F)(F)F. The summed E-state index contributed by atoms with van der Waals surface area (Å²) in [6.45, 7) is -0.673. The summed E-state index contributed by atoms with van der Waals surface area (Å²) < 4.78 is 77.1. The van der Waals surface area contributed by atoms with Gasteiger partial charge in [-0.05, 0) is 12.5 Å². The van der Waals surface area contributed by atoms with Crippen LogP contribution in [0.4, 0.5) is 26.3 Å². The fourth-order valence-electron chi connectivity index (χ4n) is 1.65. The third kappa shape index (κ3) is 5.27. The molecule has 120 valence electrons. The lowest BCUT2D eigenvalue weighted by atomic mass is 10.1. The summed E-state index contributed by atoms with van der Waals surface area (Å²) >= 11 is 0. The van der Waals surface area contributed by atoms with E-state index < -0.39 is 36.9 Å². The van der Waals surface area contributed by atoms with Gasteiger partial charge in [0.1, 0.15) is 6.10 Å². The zero-order valence-electron chi connectivity index (χ0n) is 10.5. The van der Waals surface area contributed by atoms with Crippen molar-refractivity contribution in [2.75, 3.05) is 13.1 Å². The first kappa shape index (κ1) is 17.3. The first-order chi connectivity index (χ1) is 9.51. The Morgan fingerprint density at radius 2 is 1.67 bits per heavy atom. The van der Waals surface area contributed by atoms with Crippen LogP contribution in [0.1, 0.15) is 12.8 Å². The Hall–Kier alpha value is -1.74. The molecule has 0 saturated carbocycles. The molecule has 0 bridgehead atoms. The Kier molecular flexibility index (Phi) is 5.24. The number of alkyl halides is 6. The predicted molar refractivity (Wildman–Crippen MR) is 56.9 cm³/mol. The van der Waals surface area contributed by atoms with Gasteiger partial charge in [0, 0.05) is 19.5 Å². The Morgan fingerprint density at radius 1 is 1.05 bits per heavy atom. The van der Waals surface area contributed by atoms with E-state index in [1.807, 2.05) is 0 Å². The molecular weight excluding hydrogens is 308 g/mol. The molecule has 0 N–H and O–H groups in total. The first-order valence-electron chi connectivity index (χ1n) is 5.82. The Balaban J connectivity index is 2.68. The number of carbonyl (C=O) groups is 2. The highest BCUT2D eigenvalue weighted by Crippen LogP contribution is 2.22. The quantitative estimate of drug-likeness (QED) is 0.423. The monoisotopic (exact) mass is 319 g/mol. The lowest BCUT2D eigenvalue weighted by Gasteiger charge is -2.26. The van der Waals surface area contributed by atoms with E-state index in [2.05, 4.69) is 4.74 Å². The van der Waals surface area contributed by atoms with E-state index in [0.29, 0.717) is 4.90 Å². The normalized spacial score (nSPS) is 22.2. The number of hydrogen-bond acceptors (Lipinski definition) is 3. The number of halogens is 6. The van der Waals surface area contributed by atoms with E-state index in [4.69, 9.17) is 0 Å². The molecule has 0 aliphatic carbocycles. The number of rotatable bonds is 1. The molecule has 0 saturated heterocycles. The highest BCUT2D eigenvalue weighted by Gasteiger charge is 2.44. The number of ether oxygens (including phenoxy) is 1. The summed E-state index contributed by atoms with van der Waals surface area (Å²) in [6, 6.07) is 0. The zero-order chi connectivity index (χ0) is 16.3. The summed E-state index contributed by atoms with van der Waals surface area (Å²) in [5, 5.41) is 0. The van der Waals surface area contributed by atoms with Crippen molar-refractivity contribution in [3.63, 3.8) is 0 Å². The maximum atomic E-state index is 12.3. The highest BCUT2D eigenvalue weighted by molar-refractivity contribution is 5.81. The van der Waals surface area contributed by atoms with Crippen molar-refractivity contribution in [2.45, 2.75) is 31.3 Å². The molecule has 0 fully saturated rings. The van der Waals surface area contributed by atoms with Crippen LogP contribution in [0.5, 0.6) is 0 Å². The lowest BCUT2D eigenvalue weighted by Crippen LogP contribution is -2.43. The standard InChI is InChI=1S/C11H11F6NO3/c12-10(13,14)8(19)18-5-2-1-3-7(4-6-18)21-9(20)11(15,16)17/h1,3,7H,2,4-6H2/b3-1-. The van der Waals surface area contributed by atoms with Gasteiger partial charge < -0.3 is 9.64 Å². The largest absolute Gasteiger partial charge is 0.490 e. The van der Waals surface area contributed by atoms with E-state index in [1.165, 1.54) is 12.2 Å². The average Bonchev–Trinajstić information content (AvgIpc) is 2.29. The summed E-state index contributed by atoms with van der Waals surface area (Å²) in [4.78, 5) is 22.2. The number of nitrogens with zero attached hydrogens (tertiary/aromatic N) is 1. The molecule has 0 aromatic rings. The zero-order valence-corrected chi connectivity index (χ0v) is 10.5. The van der Waals surface area contributed by atoms with Gasteiger partial charge in [0.25, 0.3) is 0 Å². The summed E-state index contributed by atoms with van der Waals surface area (Å²) in [5.41, 5.74) is 0. The smallest absolute Gasteiger partial charge is 0.451 e. The van der Waals surface area contributed by atoms with Crippen LogP contribution < -0.4 is 0 Å². The third-order valence-electron chi connectivity index (χ3n) is 2.62. The minimum absolute atomic E-state index is 0.0158. The van der Waals surface area contributed by atoms with Crippen molar-refractivity contribution in [3.05, 3.63) is 12.2 Å². The topological polar surface area (TPSA) is 46.6 Å². The molecule has 0 radical (unpaired) electrons. The molecule has 1 aliphatic heterocycles. The molecule has 1 atom stereocenters. The maximum absolute atomic E-state index is 12.3. The number of esters is 1. The predicted octanol–water partition coefficient (Wildman–Crippen LogP) is 2.20. The van der Waals surface area contributed by atoms with Gasteiger partial charge in [-0.3, -0.25) is 4.79 Å². The van der Waals surface area contributed by atoms with Crippen molar-refractivity contribution in [1.29, 1.82) is 0 Å². The molecule has 1 heterocycles. The van der Waals surface area contributed by atoms with Crippen LogP contribution in [0, 0.1) is 0 Å². The van der Waals surface area contributed by atoms with Crippen molar-refractivity contribution in [1.82, 2.24) is 4.90 Å². The van der Waals surface area contributed by atoms with E-state index in [9.17, 15) is 35.9 Å². The van der Waals surface area contributed by atoms with E-state index in [-0.39, 0.29) is 19.4 Å². The van der Waals surface area contributed by atoms with Crippen LogP contribution in [0.25, 0.3) is 0 Å². The molecule has 10 heteroatoms. The van der Waals surface area contributed by atoms with Crippen molar-refractivity contribution >= 4 is 11.9 Å². The van der Waals surface area contributed by atoms with Crippen LogP contribution in [0.15, 0.2) is 12.2 Å². The molecule has 1 aliphatic rings. The molecule has 21 heavy (non-hydrogen) atoms. The summed E-state index contributed by atoms with van der Waals surface area (Å²) in [5.74, 6) is -4.50. The number of carbonyl (C=O) groups excluding carboxylic acids is 2. The van der Waals surface area contributed by atoms with Crippen LogP contribution in [0.2, 0.25) is 0 Å². The van der Waals surface area contributed by atoms with Gasteiger partial charge in [0.05, 0.1) is 0 Å². The summed E-state index contributed by atoms with van der Waals surface area (Å²) in [7, 11) is 0. The average molecular weight is 319 g/mol. The molecule has 1 amide bonds. The van der Waals surface area contributed by atoms with Gasteiger partial charge in [0.2, 0.25) is 0 Å². The van der Waals surface area contributed by atoms with Crippen LogP contribution in [0.3, 0.4) is 0 Å². The Bertz CT molecular complexity index is 429. The van der Waals surface area contributed by atoms with Crippen LogP contribution in [-0.4, -0.2) is 48.3 Å². The van der Waals surface area contributed by atoms with E-state index in [0.717, 1.165) is 0 Å². The van der Waals surface area contributed by atoms with Crippen molar-refractivity contribution in [2.24, 2.45) is 0 Å². The molecule has 1 unspecified atom stereocenters. The second-order valence-corrected chi connectivity index (χ2v) is 4.24. The Labute approximate surface area is 115 Å². The first-order valence-corrected chi connectivity index (χ1v) is 5.82. The van der Waals surface area contributed by atoms with Gasteiger partial charge >= 0.3 is 24.2 Å². The molecule has 0 spiro atoms. The fraction of sp³-hybridized carbons (Fsp3) is 0.636. The van der Waals surface area contributed by atoms with E-state index in [1.54, 1.807) is 0 Å². The van der Waals surface area contributed by atoms with E-state index >= 15 is 0 Å². The van der Waals surface area contributed by atoms with Gasteiger partial charge in [-0.25, -0.2) is 4.79 Å². The lowest BCUT2D eigenvalue weighted by molar-refractivity contribution is -0.203. The molecule has 0 aromatic heterocycles. The van der Waals surface area contributed by atoms with Crippen molar-refractivity contribution in [3.8, 4) is 0 Å². The molecule has 0 aromatic carbocycles. The minimum Gasteiger partial charge on any atom is -0.451 e. The fourth-order valence-corrected chi connectivity index (χ4v) is 1.65. The second-order valence-electron chi connectivity index (χ2n) is 4.24. The Morgan fingerprint density at radius 3 is 2.19 bits per heavy atom. The van der Waals surface area contributed by atoms with Gasteiger partial charge in [0.15, 0.2) is 0 Å². The maximum Gasteiger partial charge on any atom is 0.490 e.